The predicted octanol–water partition coefficient (Wildman–Crippen LogP) is 1.82. The molecule has 1 saturated carbocycles. The van der Waals surface area contributed by atoms with Crippen LogP contribution in [-0.4, -0.2) is 15.6 Å². The number of aryl methyl sites for hydroxylation is 1. The lowest BCUT2D eigenvalue weighted by atomic mass is 10.0. The molecular formula is C12H21N3. The Morgan fingerprint density at radius 2 is 2.33 bits per heavy atom. The largest absolute Gasteiger partial charge is 0.335 e. The molecule has 2 rings (SSSR count). The molecule has 1 heterocycles. The van der Waals surface area contributed by atoms with Crippen LogP contribution >= 0.6 is 0 Å². The number of aromatic nitrogens is 2. The molecule has 0 amide bonds. The minimum Gasteiger partial charge on any atom is -0.335 e. The maximum Gasteiger partial charge on any atom is 0.110 e. The first-order valence-corrected chi connectivity index (χ1v) is 5.80. The molecule has 1 fully saturated rings. The van der Waals surface area contributed by atoms with Crippen LogP contribution in [0.3, 0.4) is 0 Å². The molecule has 0 spiro atoms. The van der Waals surface area contributed by atoms with Crippen LogP contribution in [-0.2, 0) is 13.0 Å². The van der Waals surface area contributed by atoms with E-state index in [9.17, 15) is 0 Å². The first kappa shape index (κ1) is 10.7. The summed E-state index contributed by atoms with van der Waals surface area (Å²) in [5.41, 5.74) is 6.68. The molecule has 1 aliphatic carbocycles. The minimum absolute atomic E-state index is 0.271. The second-order valence-corrected chi connectivity index (χ2v) is 5.30. The molecule has 1 aromatic rings. The number of rotatable bonds is 4. The summed E-state index contributed by atoms with van der Waals surface area (Å²) in [5.74, 6) is 1.81. The number of nitrogens with two attached hydrogens (primary N) is 1. The van der Waals surface area contributed by atoms with Gasteiger partial charge in [-0.3, -0.25) is 0 Å². The smallest absolute Gasteiger partial charge is 0.110 e. The zero-order valence-electron chi connectivity index (χ0n) is 9.90. The molecule has 2 unspecified atom stereocenters. The van der Waals surface area contributed by atoms with Gasteiger partial charge in [0.15, 0.2) is 0 Å². The average molecular weight is 207 g/mol. The first-order valence-electron chi connectivity index (χ1n) is 5.80. The van der Waals surface area contributed by atoms with Gasteiger partial charge in [0.1, 0.15) is 5.82 Å². The highest BCUT2D eigenvalue weighted by molar-refractivity contribution is 5.05. The summed E-state index contributed by atoms with van der Waals surface area (Å²) < 4.78 is 2.18. The molecule has 3 heteroatoms. The monoisotopic (exact) mass is 207 g/mol. The standard InChI is InChI=1S/C12H21N3/c1-4-15-6-5-14-11(15)7-10(13)9-8-12(9,2)3/h5-6,9-10H,4,7-8,13H2,1-3H3. The van der Waals surface area contributed by atoms with E-state index < -0.39 is 0 Å². The first-order chi connectivity index (χ1) is 7.04. The second kappa shape index (κ2) is 3.63. The molecular weight excluding hydrogens is 186 g/mol. The molecule has 0 bridgehead atoms. The summed E-state index contributed by atoms with van der Waals surface area (Å²) in [6.45, 7) is 7.71. The fourth-order valence-electron chi connectivity index (χ4n) is 2.41. The third-order valence-corrected chi connectivity index (χ3v) is 3.67. The maximum absolute atomic E-state index is 6.22. The molecule has 1 aromatic heterocycles. The Balaban J connectivity index is 1.97. The van der Waals surface area contributed by atoms with Gasteiger partial charge in [0.2, 0.25) is 0 Å². The second-order valence-electron chi connectivity index (χ2n) is 5.30. The van der Waals surface area contributed by atoms with Gasteiger partial charge in [0.25, 0.3) is 0 Å². The Morgan fingerprint density at radius 1 is 1.67 bits per heavy atom. The van der Waals surface area contributed by atoms with Crippen LogP contribution < -0.4 is 5.73 Å². The Bertz CT molecular complexity index is 340. The van der Waals surface area contributed by atoms with E-state index in [2.05, 4.69) is 30.3 Å². The lowest BCUT2D eigenvalue weighted by molar-refractivity contribution is 0.464. The third-order valence-electron chi connectivity index (χ3n) is 3.67. The molecule has 2 N–H and O–H groups in total. The molecule has 0 saturated heterocycles. The summed E-state index contributed by atoms with van der Waals surface area (Å²) in [6, 6.07) is 0.271. The zero-order valence-corrected chi connectivity index (χ0v) is 9.90. The minimum atomic E-state index is 0.271. The van der Waals surface area contributed by atoms with Crippen LogP contribution in [0.4, 0.5) is 0 Å². The lowest BCUT2D eigenvalue weighted by Gasteiger charge is -2.13. The van der Waals surface area contributed by atoms with Gasteiger partial charge in [0.05, 0.1) is 0 Å². The van der Waals surface area contributed by atoms with Crippen LogP contribution in [0.2, 0.25) is 0 Å². The molecule has 1 aliphatic rings. The topological polar surface area (TPSA) is 43.8 Å². The summed E-state index contributed by atoms with van der Waals surface area (Å²) >= 11 is 0. The summed E-state index contributed by atoms with van der Waals surface area (Å²) in [4.78, 5) is 4.37. The van der Waals surface area contributed by atoms with Gasteiger partial charge >= 0.3 is 0 Å². The van der Waals surface area contributed by atoms with Gasteiger partial charge < -0.3 is 10.3 Å². The molecule has 84 valence electrons. The zero-order chi connectivity index (χ0) is 11.1. The van der Waals surface area contributed by atoms with Crippen molar-refractivity contribution in [2.24, 2.45) is 17.1 Å². The quantitative estimate of drug-likeness (QED) is 0.818. The number of hydrogen-bond acceptors (Lipinski definition) is 2. The highest BCUT2D eigenvalue weighted by atomic mass is 15.1. The molecule has 15 heavy (non-hydrogen) atoms. The Labute approximate surface area is 91.7 Å². The number of hydrogen-bond donors (Lipinski definition) is 1. The molecule has 0 radical (unpaired) electrons. The van der Waals surface area contributed by atoms with Crippen molar-refractivity contribution in [1.82, 2.24) is 9.55 Å². The third kappa shape index (κ3) is 2.07. The highest BCUT2D eigenvalue weighted by Crippen LogP contribution is 2.53. The fourth-order valence-corrected chi connectivity index (χ4v) is 2.41. The van der Waals surface area contributed by atoms with Crippen molar-refractivity contribution in [3.63, 3.8) is 0 Å². The van der Waals surface area contributed by atoms with Gasteiger partial charge in [-0.25, -0.2) is 4.98 Å². The van der Waals surface area contributed by atoms with E-state index >= 15 is 0 Å². The molecule has 3 nitrogen and oxygen atoms in total. The van der Waals surface area contributed by atoms with Crippen LogP contribution in [0.25, 0.3) is 0 Å². The van der Waals surface area contributed by atoms with Gasteiger partial charge in [-0.15, -0.1) is 0 Å². The van der Waals surface area contributed by atoms with E-state index in [0.717, 1.165) is 18.8 Å². The van der Waals surface area contributed by atoms with Gasteiger partial charge in [-0.2, -0.15) is 0 Å². The lowest BCUT2D eigenvalue weighted by Crippen LogP contribution is -2.28. The molecule has 0 aromatic carbocycles. The van der Waals surface area contributed by atoms with E-state index in [4.69, 9.17) is 5.73 Å². The van der Waals surface area contributed by atoms with E-state index in [1.54, 1.807) is 0 Å². The normalized spacial score (nSPS) is 25.2. The number of imidazole rings is 1. The van der Waals surface area contributed by atoms with Crippen molar-refractivity contribution in [3.05, 3.63) is 18.2 Å². The van der Waals surface area contributed by atoms with Crippen molar-refractivity contribution in [2.75, 3.05) is 0 Å². The Morgan fingerprint density at radius 3 is 2.87 bits per heavy atom. The van der Waals surface area contributed by atoms with Gasteiger partial charge in [-0.1, -0.05) is 13.8 Å². The van der Waals surface area contributed by atoms with Crippen molar-refractivity contribution in [1.29, 1.82) is 0 Å². The average Bonchev–Trinajstić information content (AvgIpc) is 2.60. The van der Waals surface area contributed by atoms with E-state index in [1.807, 2.05) is 12.4 Å². The van der Waals surface area contributed by atoms with Crippen molar-refractivity contribution in [2.45, 2.75) is 46.2 Å². The van der Waals surface area contributed by atoms with Crippen LogP contribution in [0.5, 0.6) is 0 Å². The van der Waals surface area contributed by atoms with E-state index in [-0.39, 0.29) is 6.04 Å². The van der Waals surface area contributed by atoms with Crippen LogP contribution in [0.1, 0.15) is 33.0 Å². The van der Waals surface area contributed by atoms with Gasteiger partial charge in [-0.05, 0) is 24.7 Å². The van der Waals surface area contributed by atoms with E-state index in [1.165, 1.54) is 6.42 Å². The maximum atomic E-state index is 6.22. The number of nitrogens with zero attached hydrogens (tertiary/aromatic N) is 2. The summed E-state index contributed by atoms with van der Waals surface area (Å²) in [5, 5.41) is 0. The van der Waals surface area contributed by atoms with Crippen molar-refractivity contribution >= 4 is 0 Å². The van der Waals surface area contributed by atoms with Crippen LogP contribution in [0, 0.1) is 11.3 Å². The van der Waals surface area contributed by atoms with Crippen LogP contribution in [0.15, 0.2) is 12.4 Å². The van der Waals surface area contributed by atoms with Crippen molar-refractivity contribution in [3.8, 4) is 0 Å². The van der Waals surface area contributed by atoms with E-state index in [0.29, 0.717) is 11.3 Å². The molecule has 2 atom stereocenters. The molecule has 0 aliphatic heterocycles. The summed E-state index contributed by atoms with van der Waals surface area (Å²) in [6.07, 6.45) is 6.07. The Kier molecular flexibility index (Phi) is 2.59. The SMILES string of the molecule is CCn1ccnc1CC(N)C1CC1(C)C. The highest BCUT2D eigenvalue weighted by Gasteiger charge is 2.48. The van der Waals surface area contributed by atoms with Gasteiger partial charge in [0, 0.05) is 31.4 Å². The Hall–Kier alpha value is -0.830. The fraction of sp³-hybridized carbons (Fsp3) is 0.750. The van der Waals surface area contributed by atoms with Crippen molar-refractivity contribution < 1.29 is 0 Å². The predicted molar refractivity (Wildman–Crippen MR) is 61.5 cm³/mol. The summed E-state index contributed by atoms with van der Waals surface area (Å²) in [7, 11) is 0.